The van der Waals surface area contributed by atoms with E-state index in [1.165, 1.54) is 45.2 Å². The molecule has 2 aromatic rings. The molecule has 0 aliphatic rings. The number of nitriles is 1. The van der Waals surface area contributed by atoms with E-state index in [9.17, 15) is 19.6 Å². The molecule has 0 saturated heterocycles. The lowest BCUT2D eigenvalue weighted by molar-refractivity contribution is 0.0600. The number of Topliss-reactive ketones (excluding diaryl/α,β-unsaturated/α-hetero) is 1. The number of rotatable bonds is 4. The molecular weight excluding hydrogens is 312 g/mol. The summed E-state index contributed by atoms with van der Waals surface area (Å²) >= 11 is 0. The molecule has 1 amide bonds. The summed E-state index contributed by atoms with van der Waals surface area (Å²) in [5.41, 5.74) is 0.500. The van der Waals surface area contributed by atoms with Crippen molar-refractivity contribution in [3.63, 3.8) is 0 Å². The highest BCUT2D eigenvalue weighted by atomic mass is 16.5. The van der Waals surface area contributed by atoms with Crippen molar-refractivity contribution in [2.45, 2.75) is 13.8 Å². The number of amides is 1. The van der Waals surface area contributed by atoms with Gasteiger partial charge < -0.3 is 9.15 Å². The molecule has 1 heterocycles. The van der Waals surface area contributed by atoms with Gasteiger partial charge in [0.1, 0.15) is 17.4 Å². The van der Waals surface area contributed by atoms with Crippen molar-refractivity contribution in [2.24, 2.45) is 0 Å². The lowest BCUT2D eigenvalue weighted by Crippen LogP contribution is -2.13. The smallest absolute Gasteiger partial charge is 0.337 e. The Balaban J connectivity index is 2.35. The lowest BCUT2D eigenvalue weighted by Gasteiger charge is -2.04. The number of methoxy groups -OCH3 is 1. The Kier molecular flexibility index (Phi) is 4.80. The number of nitrogens with zero attached hydrogens (tertiary/aromatic N) is 1. The van der Waals surface area contributed by atoms with Gasteiger partial charge in [0.2, 0.25) is 5.88 Å². The Bertz CT molecular complexity index is 874. The first-order valence-electron chi connectivity index (χ1n) is 6.93. The first-order valence-corrected chi connectivity index (χ1v) is 6.93. The fraction of sp³-hybridized carbons (Fsp3) is 0.176. The number of benzene rings is 1. The highest BCUT2D eigenvalue weighted by Crippen LogP contribution is 2.27. The van der Waals surface area contributed by atoms with E-state index in [2.05, 4.69) is 10.1 Å². The van der Waals surface area contributed by atoms with Crippen molar-refractivity contribution >= 4 is 23.5 Å². The summed E-state index contributed by atoms with van der Waals surface area (Å²) in [5, 5.41) is 11.7. The second-order valence-corrected chi connectivity index (χ2v) is 4.93. The van der Waals surface area contributed by atoms with Crippen molar-refractivity contribution in [3.05, 3.63) is 52.3 Å². The monoisotopic (exact) mass is 326 g/mol. The Hall–Kier alpha value is -3.40. The fourth-order valence-corrected chi connectivity index (χ4v) is 2.24. The zero-order chi connectivity index (χ0) is 17.9. The topological polar surface area (TPSA) is 109 Å². The van der Waals surface area contributed by atoms with Crippen LogP contribution in [0, 0.1) is 18.3 Å². The number of aryl methyl sites for hydroxylation is 1. The fourth-order valence-electron chi connectivity index (χ4n) is 2.24. The van der Waals surface area contributed by atoms with Crippen molar-refractivity contribution in [1.29, 1.82) is 5.26 Å². The molecule has 0 unspecified atom stereocenters. The number of hydrogen-bond donors (Lipinski definition) is 1. The summed E-state index contributed by atoms with van der Waals surface area (Å²) in [6.45, 7) is 2.84. The van der Waals surface area contributed by atoms with E-state index < -0.39 is 11.9 Å². The van der Waals surface area contributed by atoms with E-state index in [1.807, 2.05) is 6.07 Å². The van der Waals surface area contributed by atoms with Crippen LogP contribution in [0.5, 0.6) is 0 Å². The normalized spacial score (nSPS) is 9.92. The van der Waals surface area contributed by atoms with Gasteiger partial charge in [-0.05, 0) is 32.0 Å². The maximum atomic E-state index is 12.3. The third-order valence-corrected chi connectivity index (χ3v) is 3.32. The maximum Gasteiger partial charge on any atom is 0.337 e. The van der Waals surface area contributed by atoms with Gasteiger partial charge in [-0.3, -0.25) is 14.9 Å². The number of anilines is 1. The Labute approximate surface area is 137 Å². The molecule has 0 aliphatic carbocycles. The zero-order valence-electron chi connectivity index (χ0n) is 13.3. The van der Waals surface area contributed by atoms with Crippen molar-refractivity contribution in [3.8, 4) is 6.07 Å². The third kappa shape index (κ3) is 3.17. The Morgan fingerprint density at radius 3 is 2.50 bits per heavy atom. The van der Waals surface area contributed by atoms with E-state index >= 15 is 0 Å². The summed E-state index contributed by atoms with van der Waals surface area (Å²) in [6, 6.07) is 7.75. The van der Waals surface area contributed by atoms with Gasteiger partial charge in [0.05, 0.1) is 18.2 Å². The molecule has 2 rings (SSSR count). The van der Waals surface area contributed by atoms with Gasteiger partial charge in [-0.2, -0.15) is 5.26 Å². The van der Waals surface area contributed by atoms with Crippen LogP contribution in [0.4, 0.5) is 5.88 Å². The van der Waals surface area contributed by atoms with Crippen LogP contribution in [0.3, 0.4) is 0 Å². The largest absolute Gasteiger partial charge is 0.465 e. The van der Waals surface area contributed by atoms with E-state index in [0.29, 0.717) is 0 Å². The summed E-state index contributed by atoms with van der Waals surface area (Å²) in [6.07, 6.45) is 0. The third-order valence-electron chi connectivity index (χ3n) is 3.32. The highest BCUT2D eigenvalue weighted by molar-refractivity contribution is 6.07. The van der Waals surface area contributed by atoms with E-state index in [-0.39, 0.29) is 39.7 Å². The molecule has 1 N–H and O–H groups in total. The number of nitrogens with one attached hydrogen (secondary N) is 1. The molecule has 1 aromatic carbocycles. The van der Waals surface area contributed by atoms with E-state index in [0.717, 1.165) is 0 Å². The molecule has 0 bridgehead atoms. The first-order chi connectivity index (χ1) is 11.4. The molecule has 0 atom stereocenters. The number of hydrogen-bond acceptors (Lipinski definition) is 6. The molecule has 0 radical (unpaired) electrons. The minimum Gasteiger partial charge on any atom is -0.465 e. The van der Waals surface area contributed by atoms with Gasteiger partial charge in [-0.25, -0.2) is 4.79 Å². The first kappa shape index (κ1) is 17.0. The summed E-state index contributed by atoms with van der Waals surface area (Å²) in [4.78, 5) is 35.4. The molecule has 1 aromatic heterocycles. The van der Waals surface area contributed by atoms with Crippen molar-refractivity contribution in [1.82, 2.24) is 0 Å². The average Bonchev–Trinajstić information content (AvgIpc) is 2.89. The van der Waals surface area contributed by atoms with Crippen molar-refractivity contribution in [2.75, 3.05) is 12.4 Å². The maximum absolute atomic E-state index is 12.3. The molecule has 122 valence electrons. The van der Waals surface area contributed by atoms with Crippen LogP contribution in [0.1, 0.15) is 49.3 Å². The number of furan rings is 1. The van der Waals surface area contributed by atoms with Gasteiger partial charge in [-0.15, -0.1) is 0 Å². The van der Waals surface area contributed by atoms with E-state index in [1.54, 1.807) is 0 Å². The number of ether oxygens (including phenoxy) is 1. The lowest BCUT2D eigenvalue weighted by atomic mass is 10.1. The average molecular weight is 326 g/mol. The summed E-state index contributed by atoms with van der Waals surface area (Å²) < 4.78 is 9.92. The van der Waals surface area contributed by atoms with Crippen LogP contribution < -0.4 is 5.32 Å². The predicted octanol–water partition coefficient (Wildman–Crippen LogP) is 2.70. The SMILES string of the molecule is COC(=O)c1cccc(C(=O)Nc2oc(C)c(C(C)=O)c2C#N)c1. The van der Waals surface area contributed by atoms with E-state index in [4.69, 9.17) is 4.42 Å². The standard InChI is InChI=1S/C17H14N2O5/c1-9(20)14-10(2)24-16(13(14)8-18)19-15(21)11-5-4-6-12(7-11)17(22)23-3/h4-7H,1-3H3,(H,19,21). The van der Waals surface area contributed by atoms with Gasteiger partial charge in [-0.1, -0.05) is 6.07 Å². The van der Waals surface area contributed by atoms with Crippen LogP contribution >= 0.6 is 0 Å². The molecule has 7 heteroatoms. The van der Waals surface area contributed by atoms with Crippen LogP contribution in [-0.4, -0.2) is 24.8 Å². The Morgan fingerprint density at radius 2 is 1.92 bits per heavy atom. The molecule has 24 heavy (non-hydrogen) atoms. The van der Waals surface area contributed by atoms with Crippen molar-refractivity contribution < 1.29 is 23.5 Å². The van der Waals surface area contributed by atoms with Gasteiger partial charge in [0, 0.05) is 5.56 Å². The second-order valence-electron chi connectivity index (χ2n) is 4.93. The second kappa shape index (κ2) is 6.79. The summed E-state index contributed by atoms with van der Waals surface area (Å²) in [7, 11) is 1.24. The van der Waals surface area contributed by atoms with Crippen LogP contribution in [0.2, 0.25) is 0 Å². The van der Waals surface area contributed by atoms with Gasteiger partial charge in [0.15, 0.2) is 5.78 Å². The molecule has 0 saturated carbocycles. The minimum absolute atomic E-state index is 0.0301. The molecule has 0 spiro atoms. The highest BCUT2D eigenvalue weighted by Gasteiger charge is 2.23. The number of esters is 1. The quantitative estimate of drug-likeness (QED) is 0.683. The Morgan fingerprint density at radius 1 is 1.25 bits per heavy atom. The molecule has 0 fully saturated rings. The summed E-state index contributed by atoms with van der Waals surface area (Å²) in [5.74, 6) is -1.34. The van der Waals surface area contributed by atoms with Crippen LogP contribution in [0.15, 0.2) is 28.7 Å². The number of ketones is 1. The molecule has 0 aliphatic heterocycles. The van der Waals surface area contributed by atoms with Crippen LogP contribution in [-0.2, 0) is 4.74 Å². The van der Waals surface area contributed by atoms with Gasteiger partial charge >= 0.3 is 5.97 Å². The minimum atomic E-state index is -0.582. The van der Waals surface area contributed by atoms with Gasteiger partial charge in [0.25, 0.3) is 5.91 Å². The number of carbonyl (C=O) groups excluding carboxylic acids is 3. The van der Waals surface area contributed by atoms with Crippen LogP contribution in [0.25, 0.3) is 0 Å². The molecular formula is C17H14N2O5. The number of carbonyl (C=O) groups is 3. The predicted molar refractivity (Wildman–Crippen MR) is 83.9 cm³/mol. The molecule has 7 nitrogen and oxygen atoms in total. The zero-order valence-corrected chi connectivity index (χ0v) is 13.3.